The van der Waals surface area contributed by atoms with Crippen molar-refractivity contribution in [3.63, 3.8) is 0 Å². The second kappa shape index (κ2) is 3.23. The highest BCUT2D eigenvalue weighted by Crippen LogP contribution is 2.40. The second-order valence-electron chi connectivity index (χ2n) is 3.80. The normalized spacial score (nSPS) is 37.4. The van der Waals surface area contributed by atoms with Crippen LogP contribution in [0.2, 0.25) is 0 Å². The van der Waals surface area contributed by atoms with E-state index < -0.39 is 10.8 Å². The van der Waals surface area contributed by atoms with Crippen molar-refractivity contribution in [3.05, 3.63) is 35.9 Å². The zero-order valence-electron chi connectivity index (χ0n) is 8.29. The lowest BCUT2D eigenvalue weighted by atomic mass is 10.1. The minimum Gasteiger partial charge on any atom is -0.342 e. The molecule has 2 nitrogen and oxygen atoms in total. The van der Waals surface area contributed by atoms with Crippen molar-refractivity contribution in [2.75, 3.05) is 6.61 Å². The summed E-state index contributed by atoms with van der Waals surface area (Å²) in [6.45, 7) is 4.10. The van der Waals surface area contributed by atoms with Gasteiger partial charge in [0.2, 0.25) is 0 Å². The number of rotatable bonds is 1. The number of alkyl halides is 1. The second-order valence-corrected chi connectivity index (χ2v) is 4.60. The molecule has 0 spiro atoms. The van der Waals surface area contributed by atoms with Gasteiger partial charge in [-0.2, -0.15) is 0 Å². The highest BCUT2D eigenvalue weighted by molar-refractivity contribution is 6.22. The van der Waals surface area contributed by atoms with Gasteiger partial charge in [0.25, 0.3) is 0 Å². The van der Waals surface area contributed by atoms with Crippen LogP contribution in [0, 0.1) is 0 Å². The molecule has 0 saturated carbocycles. The fourth-order valence-electron chi connectivity index (χ4n) is 1.61. The molecular weight excluding hydrogens is 200 g/mol. The first-order chi connectivity index (χ1) is 6.52. The predicted molar refractivity (Wildman–Crippen MR) is 55.1 cm³/mol. The number of halogens is 1. The van der Waals surface area contributed by atoms with E-state index in [9.17, 15) is 0 Å². The molecule has 0 amide bonds. The molecule has 0 N–H and O–H groups in total. The summed E-state index contributed by atoms with van der Waals surface area (Å²) in [6, 6.07) is 9.81. The van der Waals surface area contributed by atoms with Gasteiger partial charge in [-0.25, -0.2) is 0 Å². The number of hydrogen-bond acceptors (Lipinski definition) is 2. The molecule has 76 valence electrons. The van der Waals surface area contributed by atoms with Crippen molar-refractivity contribution in [2.24, 2.45) is 0 Å². The Morgan fingerprint density at radius 2 is 1.86 bits per heavy atom. The largest absolute Gasteiger partial charge is 0.342 e. The smallest absolute Gasteiger partial charge is 0.194 e. The minimum atomic E-state index is -0.718. The van der Waals surface area contributed by atoms with E-state index in [2.05, 4.69) is 0 Å². The quantitative estimate of drug-likeness (QED) is 0.667. The Morgan fingerprint density at radius 3 is 2.36 bits per heavy atom. The molecular formula is C11H13ClO2. The van der Waals surface area contributed by atoms with Crippen molar-refractivity contribution in [2.45, 2.75) is 24.7 Å². The zero-order valence-corrected chi connectivity index (χ0v) is 9.04. The van der Waals surface area contributed by atoms with E-state index in [-0.39, 0.29) is 0 Å². The fraction of sp³-hybridized carbons (Fsp3) is 0.455. The van der Waals surface area contributed by atoms with E-state index in [1.807, 2.05) is 44.2 Å². The van der Waals surface area contributed by atoms with Gasteiger partial charge in [0.15, 0.2) is 10.8 Å². The average molecular weight is 213 g/mol. The van der Waals surface area contributed by atoms with Gasteiger partial charge >= 0.3 is 0 Å². The first-order valence-corrected chi connectivity index (χ1v) is 4.98. The van der Waals surface area contributed by atoms with Crippen molar-refractivity contribution in [1.29, 1.82) is 0 Å². The highest BCUT2D eigenvalue weighted by Gasteiger charge is 2.44. The van der Waals surface area contributed by atoms with Crippen LogP contribution in [-0.2, 0) is 15.3 Å². The lowest BCUT2D eigenvalue weighted by Gasteiger charge is -2.24. The molecule has 1 heterocycles. The SMILES string of the molecule is CC1(Cl)COC(C)(c2ccccc2)O1. The molecule has 0 aliphatic carbocycles. The third kappa shape index (κ3) is 1.78. The lowest BCUT2D eigenvalue weighted by Crippen LogP contribution is -2.26. The lowest BCUT2D eigenvalue weighted by molar-refractivity contribution is -0.165. The van der Waals surface area contributed by atoms with E-state index >= 15 is 0 Å². The van der Waals surface area contributed by atoms with Crippen LogP contribution in [0.1, 0.15) is 19.4 Å². The molecule has 1 saturated heterocycles. The summed E-state index contributed by atoms with van der Waals surface area (Å²) in [6.07, 6.45) is 0. The van der Waals surface area contributed by atoms with Crippen molar-refractivity contribution in [1.82, 2.24) is 0 Å². The van der Waals surface area contributed by atoms with Gasteiger partial charge in [-0.05, 0) is 13.8 Å². The maximum absolute atomic E-state index is 6.05. The number of ether oxygens (including phenoxy) is 2. The van der Waals surface area contributed by atoms with Crippen LogP contribution in [0.25, 0.3) is 0 Å². The molecule has 2 unspecified atom stereocenters. The first kappa shape index (κ1) is 9.97. The molecule has 0 bridgehead atoms. The summed E-state index contributed by atoms with van der Waals surface area (Å²) in [4.78, 5) is 0. The standard InChI is InChI=1S/C11H13ClO2/c1-10(12)8-13-11(2,14-10)9-6-4-3-5-7-9/h3-7H,8H2,1-2H3. The number of benzene rings is 1. The summed E-state index contributed by atoms with van der Waals surface area (Å²) in [7, 11) is 0. The molecule has 1 fully saturated rings. The van der Waals surface area contributed by atoms with Gasteiger partial charge in [-0.1, -0.05) is 41.9 Å². The molecule has 0 radical (unpaired) electrons. The van der Waals surface area contributed by atoms with Gasteiger partial charge in [0, 0.05) is 5.56 Å². The molecule has 2 rings (SSSR count). The highest BCUT2D eigenvalue weighted by atomic mass is 35.5. The summed E-state index contributed by atoms with van der Waals surface area (Å²) < 4.78 is 11.3. The van der Waals surface area contributed by atoms with Gasteiger partial charge in [-0.15, -0.1) is 0 Å². The Balaban J connectivity index is 2.27. The van der Waals surface area contributed by atoms with Gasteiger partial charge < -0.3 is 9.47 Å². The van der Waals surface area contributed by atoms with E-state index in [0.29, 0.717) is 6.61 Å². The summed E-state index contributed by atoms with van der Waals surface area (Å²) >= 11 is 6.05. The first-order valence-electron chi connectivity index (χ1n) is 4.60. The monoisotopic (exact) mass is 212 g/mol. The fourth-order valence-corrected chi connectivity index (χ4v) is 1.82. The van der Waals surface area contributed by atoms with Crippen molar-refractivity contribution < 1.29 is 9.47 Å². The van der Waals surface area contributed by atoms with Crippen LogP contribution in [0.4, 0.5) is 0 Å². The Bertz CT molecular complexity index is 323. The van der Waals surface area contributed by atoms with Crippen LogP contribution in [0.5, 0.6) is 0 Å². The molecule has 14 heavy (non-hydrogen) atoms. The van der Waals surface area contributed by atoms with E-state index in [1.165, 1.54) is 0 Å². The van der Waals surface area contributed by atoms with Crippen molar-refractivity contribution >= 4 is 11.6 Å². The van der Waals surface area contributed by atoms with E-state index in [4.69, 9.17) is 21.1 Å². The molecule has 0 aromatic heterocycles. The van der Waals surface area contributed by atoms with E-state index in [1.54, 1.807) is 0 Å². The maximum Gasteiger partial charge on any atom is 0.194 e. The van der Waals surface area contributed by atoms with Crippen LogP contribution in [-0.4, -0.2) is 11.7 Å². The average Bonchev–Trinajstić information content (AvgIpc) is 2.44. The Morgan fingerprint density at radius 1 is 1.21 bits per heavy atom. The third-order valence-electron chi connectivity index (χ3n) is 2.31. The molecule has 2 atom stereocenters. The van der Waals surface area contributed by atoms with Crippen molar-refractivity contribution in [3.8, 4) is 0 Å². The summed E-state index contributed by atoms with van der Waals surface area (Å²) in [5.74, 6) is -0.711. The van der Waals surface area contributed by atoms with Crippen LogP contribution < -0.4 is 0 Å². The Hall–Kier alpha value is -0.570. The van der Waals surface area contributed by atoms with Crippen LogP contribution in [0.3, 0.4) is 0 Å². The summed E-state index contributed by atoms with van der Waals surface area (Å²) in [5, 5.41) is -0.718. The third-order valence-corrected chi connectivity index (χ3v) is 2.50. The number of hydrogen-bond donors (Lipinski definition) is 0. The van der Waals surface area contributed by atoms with Gasteiger partial charge in [0.1, 0.15) is 0 Å². The molecule has 1 aromatic carbocycles. The van der Waals surface area contributed by atoms with Crippen LogP contribution >= 0.6 is 11.6 Å². The molecule has 1 aliphatic rings. The zero-order chi connectivity index (χ0) is 10.2. The topological polar surface area (TPSA) is 18.5 Å². The van der Waals surface area contributed by atoms with Crippen LogP contribution in [0.15, 0.2) is 30.3 Å². The molecule has 3 heteroatoms. The van der Waals surface area contributed by atoms with Gasteiger partial charge in [-0.3, -0.25) is 0 Å². The Labute approximate surface area is 88.8 Å². The molecule has 1 aliphatic heterocycles. The summed E-state index contributed by atoms with van der Waals surface area (Å²) in [5.41, 5.74) is 0.990. The predicted octanol–water partition coefficient (Wildman–Crippen LogP) is 2.86. The Kier molecular flexibility index (Phi) is 2.30. The van der Waals surface area contributed by atoms with Gasteiger partial charge in [0.05, 0.1) is 6.61 Å². The minimum absolute atomic E-state index is 0.403. The molecule has 1 aromatic rings. The maximum atomic E-state index is 6.05. The van der Waals surface area contributed by atoms with E-state index in [0.717, 1.165) is 5.56 Å².